The van der Waals surface area contributed by atoms with Crippen molar-refractivity contribution < 1.29 is 14.4 Å². The van der Waals surface area contributed by atoms with Gasteiger partial charge in [0.2, 0.25) is 16.9 Å². The third-order valence-corrected chi connectivity index (χ3v) is 4.72. The molecule has 2 N–H and O–H groups in total. The SMILES string of the molecule is CNC(=O)NC(=O)CSc1nnc(N(C(C)=O)C2CC2)s1. The number of amides is 4. The zero-order valence-electron chi connectivity index (χ0n) is 11.6. The number of imide groups is 1. The highest BCUT2D eigenvalue weighted by Gasteiger charge is 2.34. The van der Waals surface area contributed by atoms with Crippen molar-refractivity contribution in [3.05, 3.63) is 0 Å². The minimum Gasteiger partial charge on any atom is -0.341 e. The number of carbonyl (C=O) groups excluding carboxylic acids is 3. The molecule has 2 rings (SSSR count). The van der Waals surface area contributed by atoms with Crippen LogP contribution in [0.15, 0.2) is 4.34 Å². The van der Waals surface area contributed by atoms with Crippen molar-refractivity contribution in [2.75, 3.05) is 17.7 Å². The van der Waals surface area contributed by atoms with E-state index in [0.29, 0.717) is 9.47 Å². The van der Waals surface area contributed by atoms with Crippen molar-refractivity contribution in [2.24, 2.45) is 0 Å². The number of aromatic nitrogens is 2. The molecule has 1 saturated carbocycles. The topological polar surface area (TPSA) is 104 Å². The van der Waals surface area contributed by atoms with E-state index in [1.165, 1.54) is 37.1 Å². The highest BCUT2D eigenvalue weighted by Crippen LogP contribution is 2.35. The van der Waals surface area contributed by atoms with Gasteiger partial charge in [0.15, 0.2) is 4.34 Å². The number of hydrogen-bond donors (Lipinski definition) is 2. The number of urea groups is 1. The van der Waals surface area contributed by atoms with Crippen molar-refractivity contribution in [1.29, 1.82) is 0 Å². The van der Waals surface area contributed by atoms with Crippen LogP contribution in [-0.4, -0.2) is 46.9 Å². The van der Waals surface area contributed by atoms with Crippen LogP contribution in [0.4, 0.5) is 9.93 Å². The quantitative estimate of drug-likeness (QED) is 0.605. The predicted molar refractivity (Wildman–Crippen MR) is 79.4 cm³/mol. The summed E-state index contributed by atoms with van der Waals surface area (Å²) >= 11 is 2.45. The summed E-state index contributed by atoms with van der Waals surface area (Å²) in [6.45, 7) is 1.50. The average molecular weight is 329 g/mol. The van der Waals surface area contributed by atoms with Crippen LogP contribution in [0.25, 0.3) is 0 Å². The van der Waals surface area contributed by atoms with Gasteiger partial charge in [0.25, 0.3) is 0 Å². The Bertz CT molecular complexity index is 558. The van der Waals surface area contributed by atoms with Gasteiger partial charge in [0.05, 0.1) is 5.75 Å². The molecule has 1 fully saturated rings. The van der Waals surface area contributed by atoms with Crippen LogP contribution in [0, 0.1) is 0 Å². The molecule has 0 atom stereocenters. The van der Waals surface area contributed by atoms with Gasteiger partial charge in [-0.25, -0.2) is 4.79 Å². The molecule has 0 radical (unpaired) electrons. The molecule has 1 aromatic heterocycles. The first-order chi connectivity index (χ1) is 10.0. The normalized spacial score (nSPS) is 13.6. The molecule has 1 heterocycles. The van der Waals surface area contributed by atoms with E-state index in [1.807, 2.05) is 0 Å². The molecule has 8 nitrogen and oxygen atoms in total. The summed E-state index contributed by atoms with van der Waals surface area (Å²) in [6.07, 6.45) is 1.96. The van der Waals surface area contributed by atoms with Crippen LogP contribution < -0.4 is 15.5 Å². The molecule has 0 unspecified atom stereocenters. The maximum atomic E-state index is 11.6. The molecular weight excluding hydrogens is 314 g/mol. The lowest BCUT2D eigenvalue weighted by Gasteiger charge is -2.15. The van der Waals surface area contributed by atoms with Crippen LogP contribution in [0.1, 0.15) is 19.8 Å². The van der Waals surface area contributed by atoms with Gasteiger partial charge in [-0.1, -0.05) is 23.1 Å². The third kappa shape index (κ3) is 4.39. The smallest absolute Gasteiger partial charge is 0.321 e. The Kier molecular flexibility index (Phi) is 5.12. The van der Waals surface area contributed by atoms with Crippen LogP contribution in [0.5, 0.6) is 0 Å². The van der Waals surface area contributed by atoms with Crippen LogP contribution in [0.3, 0.4) is 0 Å². The lowest BCUT2D eigenvalue weighted by molar-refractivity contribution is -0.118. The summed E-state index contributed by atoms with van der Waals surface area (Å²) in [5, 5.41) is 13.0. The standard InChI is InChI=1S/C11H15N5O3S2/c1-6(17)16(7-3-4-7)10-14-15-11(21-10)20-5-8(18)13-9(19)12-2/h7H,3-5H2,1-2H3,(H2,12,13,18,19). The van der Waals surface area contributed by atoms with E-state index in [2.05, 4.69) is 20.8 Å². The lowest BCUT2D eigenvalue weighted by Crippen LogP contribution is -2.38. The first-order valence-electron chi connectivity index (χ1n) is 6.29. The molecule has 0 aliphatic heterocycles. The number of thioether (sulfide) groups is 1. The van der Waals surface area contributed by atoms with Gasteiger partial charge in [-0.05, 0) is 12.8 Å². The molecule has 0 saturated heterocycles. The van der Waals surface area contributed by atoms with Crippen molar-refractivity contribution in [3.8, 4) is 0 Å². The molecule has 1 aliphatic rings. The number of nitrogens with zero attached hydrogens (tertiary/aromatic N) is 3. The van der Waals surface area contributed by atoms with Gasteiger partial charge < -0.3 is 5.32 Å². The second-order valence-corrected chi connectivity index (χ2v) is 6.57. The Hall–Kier alpha value is -1.68. The van der Waals surface area contributed by atoms with Crippen LogP contribution >= 0.6 is 23.1 Å². The molecule has 21 heavy (non-hydrogen) atoms. The number of anilines is 1. The summed E-state index contributed by atoms with van der Waals surface area (Å²) in [5.74, 6) is -0.407. The Morgan fingerprint density at radius 1 is 1.38 bits per heavy atom. The first-order valence-corrected chi connectivity index (χ1v) is 8.09. The summed E-state index contributed by atoms with van der Waals surface area (Å²) < 4.78 is 0.587. The molecule has 1 aromatic rings. The van der Waals surface area contributed by atoms with Gasteiger partial charge in [0.1, 0.15) is 0 Å². The minimum atomic E-state index is -0.546. The highest BCUT2D eigenvalue weighted by molar-refractivity contribution is 8.01. The average Bonchev–Trinajstić information content (AvgIpc) is 3.14. The van der Waals surface area contributed by atoms with E-state index in [1.54, 1.807) is 4.90 Å². The van der Waals surface area contributed by atoms with E-state index in [0.717, 1.165) is 12.8 Å². The molecule has 0 spiro atoms. The van der Waals surface area contributed by atoms with E-state index in [9.17, 15) is 14.4 Å². The third-order valence-electron chi connectivity index (χ3n) is 2.66. The van der Waals surface area contributed by atoms with E-state index < -0.39 is 11.9 Å². The second-order valence-electron chi connectivity index (χ2n) is 4.39. The summed E-state index contributed by atoms with van der Waals surface area (Å²) in [4.78, 5) is 35.7. The summed E-state index contributed by atoms with van der Waals surface area (Å²) in [5.41, 5.74) is 0. The number of nitrogens with one attached hydrogen (secondary N) is 2. The number of rotatable bonds is 5. The molecule has 1 aliphatic carbocycles. The highest BCUT2D eigenvalue weighted by atomic mass is 32.2. The number of carbonyl (C=O) groups is 3. The Morgan fingerprint density at radius 3 is 2.67 bits per heavy atom. The van der Waals surface area contributed by atoms with Crippen molar-refractivity contribution >= 4 is 46.1 Å². The monoisotopic (exact) mass is 329 g/mol. The predicted octanol–water partition coefficient (Wildman–Crippen LogP) is 0.601. The van der Waals surface area contributed by atoms with Gasteiger partial charge in [-0.3, -0.25) is 19.8 Å². The van der Waals surface area contributed by atoms with Crippen molar-refractivity contribution in [1.82, 2.24) is 20.8 Å². The van der Waals surface area contributed by atoms with Crippen molar-refractivity contribution in [3.63, 3.8) is 0 Å². The molecular formula is C11H15N5O3S2. The molecule has 4 amide bonds. The van der Waals surface area contributed by atoms with Crippen molar-refractivity contribution in [2.45, 2.75) is 30.1 Å². The largest absolute Gasteiger partial charge is 0.341 e. The van der Waals surface area contributed by atoms with Crippen LogP contribution in [-0.2, 0) is 9.59 Å². The Morgan fingerprint density at radius 2 is 2.10 bits per heavy atom. The maximum Gasteiger partial charge on any atom is 0.321 e. The molecule has 10 heteroatoms. The maximum absolute atomic E-state index is 11.6. The fourth-order valence-electron chi connectivity index (χ4n) is 1.59. The zero-order chi connectivity index (χ0) is 15.4. The van der Waals surface area contributed by atoms with Gasteiger partial charge in [0, 0.05) is 20.0 Å². The molecule has 114 valence electrons. The van der Waals surface area contributed by atoms with E-state index >= 15 is 0 Å². The molecule has 0 bridgehead atoms. The molecule has 0 aromatic carbocycles. The van der Waals surface area contributed by atoms with E-state index in [-0.39, 0.29) is 17.7 Å². The van der Waals surface area contributed by atoms with Gasteiger partial charge in [-0.15, -0.1) is 10.2 Å². The Balaban J connectivity index is 1.89. The number of hydrogen-bond acceptors (Lipinski definition) is 7. The van der Waals surface area contributed by atoms with E-state index in [4.69, 9.17) is 0 Å². The first kappa shape index (κ1) is 15.7. The van der Waals surface area contributed by atoms with Gasteiger partial charge in [-0.2, -0.15) is 0 Å². The Labute approximate surface area is 129 Å². The lowest BCUT2D eigenvalue weighted by atomic mass is 10.5. The fraction of sp³-hybridized carbons (Fsp3) is 0.545. The van der Waals surface area contributed by atoms with Gasteiger partial charge >= 0.3 is 6.03 Å². The summed E-state index contributed by atoms with van der Waals surface area (Å²) in [7, 11) is 1.43. The van der Waals surface area contributed by atoms with Crippen LogP contribution in [0.2, 0.25) is 0 Å². The summed E-state index contributed by atoms with van der Waals surface area (Å²) in [6, 6.07) is -0.320. The second kappa shape index (κ2) is 6.85. The minimum absolute atomic E-state index is 0.0532. The zero-order valence-corrected chi connectivity index (χ0v) is 13.2. The fourth-order valence-corrected chi connectivity index (χ4v) is 3.35.